The van der Waals surface area contributed by atoms with Crippen molar-refractivity contribution in [3.63, 3.8) is 0 Å². The zero-order chi connectivity index (χ0) is 13.2. The Morgan fingerprint density at radius 2 is 2.17 bits per heavy atom. The molecule has 0 fully saturated rings. The van der Waals surface area contributed by atoms with Gasteiger partial charge in [-0.2, -0.15) is 0 Å². The zero-order valence-electron chi connectivity index (χ0n) is 11.0. The van der Waals surface area contributed by atoms with Crippen LogP contribution >= 0.6 is 0 Å². The molecule has 0 saturated heterocycles. The summed E-state index contributed by atoms with van der Waals surface area (Å²) in [5, 5.41) is 6.03. The minimum Gasteiger partial charge on any atom is -0.385 e. The fourth-order valence-electron chi connectivity index (χ4n) is 1.45. The number of aromatic nitrogens is 1. The number of amides is 1. The van der Waals surface area contributed by atoms with Crippen molar-refractivity contribution in [3.05, 3.63) is 30.1 Å². The fourth-order valence-corrected chi connectivity index (χ4v) is 1.45. The molecule has 5 nitrogen and oxygen atoms in total. The van der Waals surface area contributed by atoms with Crippen molar-refractivity contribution < 1.29 is 9.53 Å². The largest absolute Gasteiger partial charge is 0.385 e. The minimum atomic E-state index is -0.208. The maximum absolute atomic E-state index is 11.7. The number of hydrogen-bond acceptors (Lipinski definition) is 4. The third-order valence-corrected chi connectivity index (χ3v) is 2.58. The van der Waals surface area contributed by atoms with E-state index in [1.165, 1.54) is 0 Å². The second-order valence-electron chi connectivity index (χ2n) is 4.10. The van der Waals surface area contributed by atoms with E-state index in [0.29, 0.717) is 19.7 Å². The molecule has 0 bridgehead atoms. The summed E-state index contributed by atoms with van der Waals surface area (Å²) in [5.41, 5.74) is 1.11. The van der Waals surface area contributed by atoms with Gasteiger partial charge in [-0.3, -0.25) is 9.78 Å². The number of carbonyl (C=O) groups excluding carboxylic acids is 1. The number of carbonyl (C=O) groups is 1. The van der Waals surface area contributed by atoms with Crippen LogP contribution in [0.15, 0.2) is 24.5 Å². The van der Waals surface area contributed by atoms with E-state index < -0.39 is 0 Å². The number of pyridine rings is 1. The maximum Gasteiger partial charge on any atom is 0.236 e. The molecule has 0 aliphatic rings. The Kier molecular flexibility index (Phi) is 6.98. The Balaban J connectivity index is 2.19. The van der Waals surface area contributed by atoms with Crippen LogP contribution in [0, 0.1) is 0 Å². The lowest BCUT2D eigenvalue weighted by Gasteiger charge is -2.13. The summed E-state index contributed by atoms with van der Waals surface area (Å²) in [4.78, 5) is 15.6. The van der Waals surface area contributed by atoms with Crippen LogP contribution in [0.2, 0.25) is 0 Å². The number of methoxy groups -OCH3 is 1. The van der Waals surface area contributed by atoms with Crippen molar-refractivity contribution in [1.29, 1.82) is 0 Å². The molecule has 0 aliphatic carbocycles. The van der Waals surface area contributed by atoms with E-state index in [1.54, 1.807) is 19.5 Å². The lowest BCUT2D eigenvalue weighted by molar-refractivity contribution is -0.122. The molecule has 1 unspecified atom stereocenters. The van der Waals surface area contributed by atoms with E-state index >= 15 is 0 Å². The van der Waals surface area contributed by atoms with Crippen molar-refractivity contribution in [3.8, 4) is 0 Å². The SMILES string of the molecule is COCCCNC(=O)C(C)NCc1ccncc1. The summed E-state index contributed by atoms with van der Waals surface area (Å²) in [5.74, 6) is 0.0140. The van der Waals surface area contributed by atoms with Gasteiger partial charge in [0.15, 0.2) is 0 Å². The summed E-state index contributed by atoms with van der Waals surface area (Å²) in [7, 11) is 1.65. The van der Waals surface area contributed by atoms with Gasteiger partial charge in [-0.25, -0.2) is 0 Å². The van der Waals surface area contributed by atoms with Crippen LogP contribution in [0.5, 0.6) is 0 Å². The van der Waals surface area contributed by atoms with Crippen LogP contribution < -0.4 is 10.6 Å². The number of hydrogen-bond donors (Lipinski definition) is 2. The summed E-state index contributed by atoms with van der Waals surface area (Å²) >= 11 is 0. The van der Waals surface area contributed by atoms with Gasteiger partial charge in [0.1, 0.15) is 0 Å². The van der Waals surface area contributed by atoms with Gasteiger partial charge < -0.3 is 15.4 Å². The van der Waals surface area contributed by atoms with Gasteiger partial charge in [0, 0.05) is 39.2 Å². The molecule has 1 aromatic heterocycles. The van der Waals surface area contributed by atoms with Crippen molar-refractivity contribution in [2.45, 2.75) is 25.9 Å². The first-order valence-electron chi connectivity index (χ1n) is 6.13. The molecule has 0 spiro atoms. The highest BCUT2D eigenvalue weighted by Gasteiger charge is 2.10. The van der Waals surface area contributed by atoms with E-state index in [0.717, 1.165) is 12.0 Å². The molecule has 0 aromatic carbocycles. The second-order valence-corrected chi connectivity index (χ2v) is 4.10. The van der Waals surface area contributed by atoms with Crippen molar-refractivity contribution in [1.82, 2.24) is 15.6 Å². The highest BCUT2D eigenvalue weighted by molar-refractivity contribution is 5.81. The first kappa shape index (κ1) is 14.6. The Labute approximate surface area is 108 Å². The fraction of sp³-hybridized carbons (Fsp3) is 0.538. The average Bonchev–Trinajstić information content (AvgIpc) is 2.42. The molecule has 1 atom stereocenters. The van der Waals surface area contributed by atoms with E-state index in [4.69, 9.17) is 4.74 Å². The first-order chi connectivity index (χ1) is 8.74. The van der Waals surface area contributed by atoms with Gasteiger partial charge in [0.25, 0.3) is 0 Å². The zero-order valence-corrected chi connectivity index (χ0v) is 11.0. The van der Waals surface area contributed by atoms with Gasteiger partial charge in [0.05, 0.1) is 6.04 Å². The molecule has 1 heterocycles. The number of ether oxygens (including phenoxy) is 1. The first-order valence-corrected chi connectivity index (χ1v) is 6.13. The minimum absolute atomic E-state index is 0.0140. The highest BCUT2D eigenvalue weighted by Crippen LogP contribution is 1.96. The van der Waals surface area contributed by atoms with Crippen molar-refractivity contribution in [2.75, 3.05) is 20.3 Å². The molecule has 2 N–H and O–H groups in total. The predicted octanol–water partition coefficient (Wildman–Crippen LogP) is 0.712. The Morgan fingerprint density at radius 3 is 2.83 bits per heavy atom. The number of rotatable bonds is 8. The van der Waals surface area contributed by atoms with Crippen LogP contribution in [0.3, 0.4) is 0 Å². The van der Waals surface area contributed by atoms with Gasteiger partial charge in [0.2, 0.25) is 5.91 Å². The van der Waals surface area contributed by atoms with Gasteiger partial charge >= 0.3 is 0 Å². The van der Waals surface area contributed by atoms with Gasteiger partial charge in [-0.05, 0) is 31.0 Å². The Hall–Kier alpha value is -1.46. The molecule has 0 saturated carbocycles. The van der Waals surface area contributed by atoms with Crippen LogP contribution in [-0.2, 0) is 16.1 Å². The molecular weight excluding hydrogens is 230 g/mol. The average molecular weight is 251 g/mol. The topological polar surface area (TPSA) is 63.2 Å². The maximum atomic E-state index is 11.7. The van der Waals surface area contributed by atoms with Gasteiger partial charge in [-0.1, -0.05) is 0 Å². The van der Waals surface area contributed by atoms with Crippen molar-refractivity contribution >= 4 is 5.91 Å². The van der Waals surface area contributed by atoms with E-state index in [-0.39, 0.29) is 11.9 Å². The lowest BCUT2D eigenvalue weighted by atomic mass is 10.2. The molecular formula is C13H21N3O2. The predicted molar refractivity (Wildman–Crippen MR) is 70.0 cm³/mol. The van der Waals surface area contributed by atoms with Crippen LogP contribution in [0.4, 0.5) is 0 Å². The number of nitrogens with zero attached hydrogens (tertiary/aromatic N) is 1. The molecule has 1 amide bonds. The summed E-state index contributed by atoms with van der Waals surface area (Å²) in [6.45, 7) is 3.83. The molecule has 18 heavy (non-hydrogen) atoms. The Morgan fingerprint density at radius 1 is 1.44 bits per heavy atom. The summed E-state index contributed by atoms with van der Waals surface area (Å²) in [6.07, 6.45) is 4.32. The molecule has 1 rings (SSSR count). The van der Waals surface area contributed by atoms with Gasteiger partial charge in [-0.15, -0.1) is 0 Å². The third kappa shape index (κ3) is 5.75. The van der Waals surface area contributed by atoms with Crippen LogP contribution in [-0.4, -0.2) is 37.2 Å². The number of nitrogens with one attached hydrogen (secondary N) is 2. The lowest BCUT2D eigenvalue weighted by Crippen LogP contribution is -2.42. The molecule has 5 heteroatoms. The normalized spacial score (nSPS) is 12.1. The summed E-state index contributed by atoms with van der Waals surface area (Å²) < 4.78 is 4.92. The summed E-state index contributed by atoms with van der Waals surface area (Å²) in [6, 6.07) is 3.65. The van der Waals surface area contributed by atoms with Crippen LogP contribution in [0.25, 0.3) is 0 Å². The molecule has 0 aliphatic heterocycles. The smallest absolute Gasteiger partial charge is 0.236 e. The van der Waals surface area contributed by atoms with E-state index in [9.17, 15) is 4.79 Å². The third-order valence-electron chi connectivity index (χ3n) is 2.58. The van der Waals surface area contributed by atoms with E-state index in [2.05, 4.69) is 15.6 Å². The second kappa shape index (κ2) is 8.60. The highest BCUT2D eigenvalue weighted by atomic mass is 16.5. The standard InChI is InChI=1S/C13H21N3O2/c1-11(13(17)15-6-3-9-18-2)16-10-12-4-7-14-8-5-12/h4-5,7-8,11,16H,3,6,9-10H2,1-2H3,(H,15,17). The Bertz CT molecular complexity index is 343. The molecule has 100 valence electrons. The monoisotopic (exact) mass is 251 g/mol. The quantitative estimate of drug-likeness (QED) is 0.668. The van der Waals surface area contributed by atoms with Crippen LogP contribution in [0.1, 0.15) is 18.9 Å². The van der Waals surface area contributed by atoms with Crippen molar-refractivity contribution in [2.24, 2.45) is 0 Å². The molecule has 1 aromatic rings. The molecule has 0 radical (unpaired) electrons. The van der Waals surface area contributed by atoms with E-state index in [1.807, 2.05) is 19.1 Å².